The van der Waals surface area contributed by atoms with E-state index in [4.69, 9.17) is 4.74 Å². The number of ether oxygens (including phenoxy) is 1. The highest BCUT2D eigenvalue weighted by Gasteiger charge is 2.28. The minimum absolute atomic E-state index is 0.0357. The van der Waals surface area contributed by atoms with Crippen LogP contribution in [-0.4, -0.2) is 32.1 Å². The molecule has 2 amide bonds. The van der Waals surface area contributed by atoms with Gasteiger partial charge in [0, 0.05) is 10.9 Å². The maximum atomic E-state index is 13.8. The molecule has 2 aromatic carbocycles. The van der Waals surface area contributed by atoms with Crippen molar-refractivity contribution in [1.29, 1.82) is 0 Å². The van der Waals surface area contributed by atoms with Gasteiger partial charge in [0.2, 0.25) is 5.91 Å². The molecule has 0 aromatic heterocycles. The van der Waals surface area contributed by atoms with Gasteiger partial charge in [0.25, 0.3) is 5.91 Å². The second-order valence-corrected chi connectivity index (χ2v) is 9.51. The van der Waals surface area contributed by atoms with Crippen LogP contribution in [0.25, 0.3) is 0 Å². The van der Waals surface area contributed by atoms with Gasteiger partial charge in [0.05, 0.1) is 21.5 Å². The average Bonchev–Trinajstić information content (AvgIpc) is 2.63. The van der Waals surface area contributed by atoms with E-state index < -0.39 is 26.8 Å². The SMILES string of the molecule is C[C@@H](CC(=O)Nc1ccc(Br)cc1F)S(=O)(=O)c1ccc2c(c1)NC(=O)CO2. The molecule has 2 aromatic rings. The van der Waals surface area contributed by atoms with Gasteiger partial charge in [-0.1, -0.05) is 15.9 Å². The number of amides is 2. The van der Waals surface area contributed by atoms with Crippen LogP contribution in [0.5, 0.6) is 5.75 Å². The molecule has 0 saturated carbocycles. The highest BCUT2D eigenvalue weighted by Crippen LogP contribution is 2.31. The summed E-state index contributed by atoms with van der Waals surface area (Å²) in [5.74, 6) is -1.28. The molecule has 148 valence electrons. The molecule has 0 aliphatic carbocycles. The lowest BCUT2D eigenvalue weighted by molar-refractivity contribution is -0.118. The lowest BCUT2D eigenvalue weighted by Crippen LogP contribution is -2.27. The molecule has 1 heterocycles. The summed E-state index contributed by atoms with van der Waals surface area (Å²) >= 11 is 3.12. The summed E-state index contributed by atoms with van der Waals surface area (Å²) in [5, 5.41) is 3.85. The van der Waals surface area contributed by atoms with E-state index in [0.29, 0.717) is 10.2 Å². The van der Waals surface area contributed by atoms with Gasteiger partial charge < -0.3 is 15.4 Å². The van der Waals surface area contributed by atoms with E-state index in [9.17, 15) is 22.4 Å². The Bertz CT molecular complexity index is 1060. The molecule has 2 N–H and O–H groups in total. The molecule has 10 heteroatoms. The molecule has 0 unspecified atom stereocenters. The lowest BCUT2D eigenvalue weighted by Gasteiger charge is -2.19. The quantitative estimate of drug-likeness (QED) is 0.698. The lowest BCUT2D eigenvalue weighted by atomic mass is 10.2. The normalized spacial score (nSPS) is 14.5. The largest absolute Gasteiger partial charge is 0.482 e. The maximum absolute atomic E-state index is 13.8. The molecule has 0 spiro atoms. The van der Waals surface area contributed by atoms with Crippen LogP contribution in [0.1, 0.15) is 13.3 Å². The van der Waals surface area contributed by atoms with Crippen LogP contribution in [-0.2, 0) is 19.4 Å². The topological polar surface area (TPSA) is 102 Å². The first-order valence-corrected chi connectivity index (χ1v) is 10.6. The van der Waals surface area contributed by atoms with E-state index in [0.717, 1.165) is 0 Å². The number of rotatable bonds is 5. The smallest absolute Gasteiger partial charge is 0.262 e. The van der Waals surface area contributed by atoms with E-state index in [1.54, 1.807) is 6.07 Å². The Labute approximate surface area is 169 Å². The van der Waals surface area contributed by atoms with Crippen molar-refractivity contribution in [3.8, 4) is 5.75 Å². The molecule has 1 atom stereocenters. The number of nitrogens with one attached hydrogen (secondary N) is 2. The van der Waals surface area contributed by atoms with Crippen LogP contribution in [0.3, 0.4) is 0 Å². The Kier molecular flexibility index (Phi) is 5.71. The zero-order chi connectivity index (χ0) is 20.5. The maximum Gasteiger partial charge on any atom is 0.262 e. The van der Waals surface area contributed by atoms with Gasteiger partial charge in [0.15, 0.2) is 16.4 Å². The van der Waals surface area contributed by atoms with Gasteiger partial charge in [-0.15, -0.1) is 0 Å². The fraction of sp³-hybridized carbons (Fsp3) is 0.222. The molecule has 28 heavy (non-hydrogen) atoms. The Morgan fingerprint density at radius 3 is 2.79 bits per heavy atom. The third-order valence-electron chi connectivity index (χ3n) is 4.12. The van der Waals surface area contributed by atoms with Crippen molar-refractivity contribution in [3.63, 3.8) is 0 Å². The van der Waals surface area contributed by atoms with Crippen molar-refractivity contribution in [2.24, 2.45) is 0 Å². The standard InChI is InChI=1S/C18H16BrFN2O5S/c1-10(6-17(23)21-14-4-2-11(19)7-13(14)20)28(25,26)12-3-5-16-15(8-12)22-18(24)9-27-16/h2-5,7-8,10H,6,9H2,1H3,(H,21,23)(H,22,24)/t10-/m0/s1. The number of fused-ring (bicyclic) bond motifs is 1. The van der Waals surface area contributed by atoms with Gasteiger partial charge in [-0.05, 0) is 43.3 Å². The second kappa shape index (κ2) is 7.88. The Hall–Kier alpha value is -2.46. The first kappa shape index (κ1) is 20.3. The van der Waals surface area contributed by atoms with Crippen molar-refractivity contribution >= 4 is 49.0 Å². The highest BCUT2D eigenvalue weighted by molar-refractivity contribution is 9.10. The van der Waals surface area contributed by atoms with Crippen molar-refractivity contribution in [2.75, 3.05) is 17.2 Å². The summed E-state index contributed by atoms with van der Waals surface area (Å²) in [6.45, 7) is 1.25. The van der Waals surface area contributed by atoms with E-state index in [1.165, 1.54) is 37.3 Å². The number of anilines is 2. The fourth-order valence-corrected chi connectivity index (χ4v) is 4.34. The zero-order valence-electron chi connectivity index (χ0n) is 14.7. The molecule has 0 fully saturated rings. The molecule has 0 radical (unpaired) electrons. The molecule has 3 rings (SSSR count). The Balaban J connectivity index is 1.74. The minimum Gasteiger partial charge on any atom is -0.482 e. The molecular weight excluding hydrogens is 455 g/mol. The van der Waals surface area contributed by atoms with E-state index in [2.05, 4.69) is 26.6 Å². The third kappa shape index (κ3) is 4.33. The molecule has 1 aliphatic rings. The number of halogens is 2. The van der Waals surface area contributed by atoms with Crippen molar-refractivity contribution in [2.45, 2.75) is 23.5 Å². The second-order valence-electron chi connectivity index (χ2n) is 6.23. The average molecular weight is 471 g/mol. The molecule has 0 saturated heterocycles. The first-order chi connectivity index (χ1) is 13.2. The summed E-state index contributed by atoms with van der Waals surface area (Å²) in [4.78, 5) is 23.6. The van der Waals surface area contributed by atoms with Gasteiger partial charge in [-0.25, -0.2) is 12.8 Å². The first-order valence-electron chi connectivity index (χ1n) is 8.22. The van der Waals surface area contributed by atoms with Crippen molar-refractivity contribution in [1.82, 2.24) is 0 Å². The molecule has 1 aliphatic heterocycles. The minimum atomic E-state index is -3.86. The van der Waals surface area contributed by atoms with E-state index in [-0.39, 0.29) is 35.2 Å². The number of sulfone groups is 1. The van der Waals surface area contributed by atoms with Crippen LogP contribution in [0.2, 0.25) is 0 Å². The van der Waals surface area contributed by atoms with E-state index >= 15 is 0 Å². The van der Waals surface area contributed by atoms with Crippen LogP contribution >= 0.6 is 15.9 Å². The number of carbonyl (C=O) groups excluding carboxylic acids is 2. The Morgan fingerprint density at radius 2 is 2.07 bits per heavy atom. The summed E-state index contributed by atoms with van der Waals surface area (Å²) in [5.41, 5.74) is 0.220. The summed E-state index contributed by atoms with van der Waals surface area (Å²) in [6, 6.07) is 8.23. The predicted molar refractivity (Wildman–Crippen MR) is 105 cm³/mol. The number of hydrogen-bond acceptors (Lipinski definition) is 5. The van der Waals surface area contributed by atoms with Gasteiger partial charge in [0.1, 0.15) is 11.6 Å². The van der Waals surface area contributed by atoms with Crippen molar-refractivity contribution in [3.05, 3.63) is 46.7 Å². The fourth-order valence-electron chi connectivity index (χ4n) is 2.63. The predicted octanol–water partition coefficient (Wildman–Crippen LogP) is 3.11. The third-order valence-corrected chi connectivity index (χ3v) is 6.75. The molecule has 0 bridgehead atoms. The van der Waals surface area contributed by atoms with Gasteiger partial charge >= 0.3 is 0 Å². The number of benzene rings is 2. The van der Waals surface area contributed by atoms with Crippen LogP contribution < -0.4 is 15.4 Å². The Morgan fingerprint density at radius 1 is 1.32 bits per heavy atom. The van der Waals surface area contributed by atoms with E-state index in [1.807, 2.05) is 0 Å². The summed E-state index contributed by atoms with van der Waals surface area (Å²) < 4.78 is 45.1. The monoisotopic (exact) mass is 470 g/mol. The van der Waals surface area contributed by atoms with Crippen LogP contribution in [0.15, 0.2) is 45.8 Å². The molecule has 7 nitrogen and oxygen atoms in total. The van der Waals surface area contributed by atoms with Gasteiger partial charge in [-0.3, -0.25) is 9.59 Å². The van der Waals surface area contributed by atoms with Crippen LogP contribution in [0.4, 0.5) is 15.8 Å². The zero-order valence-corrected chi connectivity index (χ0v) is 17.1. The molecular formula is C18H16BrFN2O5S. The number of carbonyl (C=O) groups is 2. The highest BCUT2D eigenvalue weighted by atomic mass is 79.9. The summed E-state index contributed by atoms with van der Waals surface area (Å²) in [6.07, 6.45) is -0.363. The summed E-state index contributed by atoms with van der Waals surface area (Å²) in [7, 11) is -3.86. The van der Waals surface area contributed by atoms with Crippen LogP contribution in [0, 0.1) is 5.82 Å². The van der Waals surface area contributed by atoms with Gasteiger partial charge in [-0.2, -0.15) is 0 Å². The van der Waals surface area contributed by atoms with Crippen molar-refractivity contribution < 1.29 is 27.1 Å². The number of hydrogen-bond donors (Lipinski definition) is 2.